The van der Waals surface area contributed by atoms with Crippen LogP contribution in [0.15, 0.2) is 60.7 Å². The van der Waals surface area contributed by atoms with E-state index in [1.165, 1.54) is 11.4 Å². The van der Waals surface area contributed by atoms with E-state index < -0.39 is 0 Å². The van der Waals surface area contributed by atoms with Crippen LogP contribution >= 0.6 is 0 Å². The minimum absolute atomic E-state index is 1.04. The van der Waals surface area contributed by atoms with Gasteiger partial charge >= 0.3 is 0 Å². The number of para-hydroxylation sites is 2. The molecule has 0 radical (unpaired) electrons. The summed E-state index contributed by atoms with van der Waals surface area (Å²) in [6, 6.07) is 21.3. The van der Waals surface area contributed by atoms with Gasteiger partial charge in [-0.15, -0.1) is 0 Å². The topological polar surface area (TPSA) is 6.48 Å². The zero-order chi connectivity index (χ0) is 14.2. The minimum Gasteiger partial charge on any atom is -0.370 e. The van der Waals surface area contributed by atoms with Crippen LogP contribution in [0.4, 0.5) is 11.4 Å². The van der Waals surface area contributed by atoms with Gasteiger partial charge < -0.3 is 9.80 Å². The third-order valence-corrected chi connectivity index (χ3v) is 3.65. The Balaban J connectivity index is 1.99. The first kappa shape index (κ1) is 14.4. The van der Waals surface area contributed by atoms with Crippen LogP contribution in [0.1, 0.15) is 13.8 Å². The van der Waals surface area contributed by atoms with Crippen molar-refractivity contribution < 1.29 is 0 Å². The van der Waals surface area contributed by atoms with Crippen molar-refractivity contribution in [1.29, 1.82) is 0 Å². The molecule has 2 heteroatoms. The second-order valence-electron chi connectivity index (χ2n) is 4.83. The normalized spacial score (nSPS) is 10.3. The summed E-state index contributed by atoms with van der Waals surface area (Å²) in [5.41, 5.74) is 2.61. The Morgan fingerprint density at radius 1 is 0.600 bits per heavy atom. The average Bonchev–Trinajstić information content (AvgIpc) is 2.53. The average molecular weight is 268 g/mol. The summed E-state index contributed by atoms with van der Waals surface area (Å²) in [5.74, 6) is 0. The lowest BCUT2D eigenvalue weighted by atomic mass is 10.2. The fourth-order valence-electron chi connectivity index (χ4n) is 2.46. The van der Waals surface area contributed by atoms with Gasteiger partial charge in [-0.1, -0.05) is 36.4 Å². The molecule has 0 amide bonds. The van der Waals surface area contributed by atoms with Gasteiger partial charge in [0.05, 0.1) is 0 Å². The second kappa shape index (κ2) is 7.59. The van der Waals surface area contributed by atoms with Crippen LogP contribution in [0.2, 0.25) is 0 Å². The molecule has 0 saturated carbocycles. The molecule has 0 unspecified atom stereocenters. The summed E-state index contributed by atoms with van der Waals surface area (Å²) in [4.78, 5) is 4.84. The van der Waals surface area contributed by atoms with Crippen LogP contribution in [0, 0.1) is 0 Å². The molecule has 0 aliphatic carbocycles. The zero-order valence-corrected chi connectivity index (χ0v) is 12.5. The number of rotatable bonds is 7. The molecule has 0 heterocycles. The number of benzene rings is 2. The van der Waals surface area contributed by atoms with Crippen molar-refractivity contribution in [3.8, 4) is 0 Å². The van der Waals surface area contributed by atoms with Gasteiger partial charge in [0.25, 0.3) is 0 Å². The van der Waals surface area contributed by atoms with E-state index in [0.29, 0.717) is 0 Å². The highest BCUT2D eigenvalue weighted by atomic mass is 15.2. The Morgan fingerprint density at radius 2 is 0.950 bits per heavy atom. The van der Waals surface area contributed by atoms with Gasteiger partial charge in [0.2, 0.25) is 0 Å². The van der Waals surface area contributed by atoms with Gasteiger partial charge in [0.15, 0.2) is 0 Å². The SMILES string of the molecule is CCN(CCN(CC)c1ccccc1)c1ccccc1. The van der Waals surface area contributed by atoms with Crippen molar-refractivity contribution in [2.45, 2.75) is 13.8 Å². The second-order valence-corrected chi connectivity index (χ2v) is 4.83. The minimum atomic E-state index is 1.04. The molecule has 106 valence electrons. The van der Waals surface area contributed by atoms with Crippen molar-refractivity contribution in [1.82, 2.24) is 0 Å². The number of anilines is 2. The van der Waals surface area contributed by atoms with Crippen molar-refractivity contribution in [2.75, 3.05) is 36.0 Å². The maximum atomic E-state index is 2.42. The van der Waals surface area contributed by atoms with Crippen LogP contribution in [-0.4, -0.2) is 26.2 Å². The summed E-state index contributed by atoms with van der Waals surface area (Å²) in [6.45, 7) is 8.59. The highest BCUT2D eigenvalue weighted by Crippen LogP contribution is 2.15. The van der Waals surface area contributed by atoms with Gasteiger partial charge in [-0.3, -0.25) is 0 Å². The molecule has 0 atom stereocenters. The van der Waals surface area contributed by atoms with Crippen LogP contribution in [0.5, 0.6) is 0 Å². The Labute approximate surface area is 122 Å². The zero-order valence-electron chi connectivity index (χ0n) is 12.5. The molecule has 2 rings (SSSR count). The van der Waals surface area contributed by atoms with Gasteiger partial charge in [-0.05, 0) is 38.1 Å². The van der Waals surface area contributed by atoms with E-state index in [2.05, 4.69) is 84.3 Å². The summed E-state index contributed by atoms with van der Waals surface area (Å²) in [6.07, 6.45) is 0. The Kier molecular flexibility index (Phi) is 5.48. The monoisotopic (exact) mass is 268 g/mol. The number of likely N-dealkylation sites (N-methyl/N-ethyl adjacent to an activating group) is 2. The Hall–Kier alpha value is -1.96. The lowest BCUT2D eigenvalue weighted by Gasteiger charge is -2.29. The van der Waals surface area contributed by atoms with Crippen molar-refractivity contribution >= 4 is 11.4 Å². The maximum Gasteiger partial charge on any atom is 0.0366 e. The quantitative estimate of drug-likeness (QED) is 0.748. The predicted octanol–water partition coefficient (Wildman–Crippen LogP) is 4.04. The maximum absolute atomic E-state index is 2.42. The van der Waals surface area contributed by atoms with E-state index in [9.17, 15) is 0 Å². The molecule has 0 bridgehead atoms. The molecule has 0 aliphatic rings. The largest absolute Gasteiger partial charge is 0.370 e. The first-order valence-electron chi connectivity index (χ1n) is 7.45. The number of hydrogen-bond donors (Lipinski definition) is 0. The molecule has 20 heavy (non-hydrogen) atoms. The molecule has 2 nitrogen and oxygen atoms in total. The first-order valence-corrected chi connectivity index (χ1v) is 7.45. The van der Waals surface area contributed by atoms with Crippen molar-refractivity contribution in [2.24, 2.45) is 0 Å². The van der Waals surface area contributed by atoms with E-state index in [1.807, 2.05) is 0 Å². The fraction of sp³-hybridized carbons (Fsp3) is 0.333. The van der Waals surface area contributed by atoms with E-state index in [-0.39, 0.29) is 0 Å². The van der Waals surface area contributed by atoms with E-state index in [1.54, 1.807) is 0 Å². The molecule has 0 saturated heterocycles. The van der Waals surface area contributed by atoms with Crippen LogP contribution in [-0.2, 0) is 0 Å². The van der Waals surface area contributed by atoms with E-state index in [0.717, 1.165) is 26.2 Å². The smallest absolute Gasteiger partial charge is 0.0366 e. The molecular weight excluding hydrogens is 244 g/mol. The third kappa shape index (κ3) is 3.77. The summed E-state index contributed by atoms with van der Waals surface area (Å²) in [5, 5.41) is 0. The standard InChI is InChI=1S/C18H24N2/c1-3-19(17-11-7-5-8-12-17)15-16-20(4-2)18-13-9-6-10-14-18/h5-14H,3-4,15-16H2,1-2H3. The molecule has 0 spiro atoms. The molecule has 2 aromatic rings. The van der Waals surface area contributed by atoms with E-state index in [4.69, 9.17) is 0 Å². The number of hydrogen-bond acceptors (Lipinski definition) is 2. The van der Waals surface area contributed by atoms with Crippen LogP contribution in [0.25, 0.3) is 0 Å². The van der Waals surface area contributed by atoms with Gasteiger partial charge in [0, 0.05) is 37.6 Å². The molecule has 0 aromatic heterocycles. The third-order valence-electron chi connectivity index (χ3n) is 3.65. The van der Waals surface area contributed by atoms with Crippen molar-refractivity contribution in [3.05, 3.63) is 60.7 Å². The Bertz CT molecular complexity index is 434. The van der Waals surface area contributed by atoms with E-state index >= 15 is 0 Å². The highest BCUT2D eigenvalue weighted by Gasteiger charge is 2.07. The summed E-state index contributed by atoms with van der Waals surface area (Å²) < 4.78 is 0. The van der Waals surface area contributed by atoms with Gasteiger partial charge in [-0.25, -0.2) is 0 Å². The van der Waals surface area contributed by atoms with Crippen molar-refractivity contribution in [3.63, 3.8) is 0 Å². The highest BCUT2D eigenvalue weighted by molar-refractivity contribution is 5.48. The van der Waals surface area contributed by atoms with Gasteiger partial charge in [0.1, 0.15) is 0 Å². The molecular formula is C18H24N2. The Morgan fingerprint density at radius 3 is 1.25 bits per heavy atom. The number of nitrogens with zero attached hydrogens (tertiary/aromatic N) is 2. The summed E-state index contributed by atoms with van der Waals surface area (Å²) >= 11 is 0. The molecule has 0 fully saturated rings. The summed E-state index contributed by atoms with van der Waals surface area (Å²) in [7, 11) is 0. The van der Waals surface area contributed by atoms with Gasteiger partial charge in [-0.2, -0.15) is 0 Å². The van der Waals surface area contributed by atoms with Crippen LogP contribution < -0.4 is 9.80 Å². The fourth-order valence-corrected chi connectivity index (χ4v) is 2.46. The van der Waals surface area contributed by atoms with Crippen LogP contribution in [0.3, 0.4) is 0 Å². The molecule has 0 aliphatic heterocycles. The molecule has 0 N–H and O–H groups in total. The predicted molar refractivity (Wildman–Crippen MR) is 88.7 cm³/mol. The molecule has 2 aromatic carbocycles. The first-order chi connectivity index (χ1) is 9.85. The lowest BCUT2D eigenvalue weighted by molar-refractivity contribution is 0.754. The lowest BCUT2D eigenvalue weighted by Crippen LogP contribution is -2.35.